The van der Waals surface area contributed by atoms with Crippen LogP contribution in [0.5, 0.6) is 11.5 Å². The topological polar surface area (TPSA) is 97.8 Å². The maximum Gasteiger partial charge on any atom is 0.280 e. The minimum atomic E-state index is -0.321. The number of methoxy groups -OCH3 is 1. The molecule has 0 bridgehead atoms. The number of H-pyrrole nitrogens is 1. The molecule has 1 atom stereocenters. The molecule has 4 heterocycles. The Morgan fingerprint density at radius 3 is 3.06 bits per heavy atom. The number of carbonyl (C=O) groups is 1. The summed E-state index contributed by atoms with van der Waals surface area (Å²) in [6, 6.07) is 7.25. The number of ether oxygens (including phenoxy) is 3. The van der Waals surface area contributed by atoms with Crippen LogP contribution in [0.15, 0.2) is 41.7 Å². The van der Waals surface area contributed by atoms with E-state index < -0.39 is 0 Å². The van der Waals surface area contributed by atoms with Gasteiger partial charge in [0.1, 0.15) is 12.4 Å². The van der Waals surface area contributed by atoms with E-state index in [0.29, 0.717) is 52.2 Å². The van der Waals surface area contributed by atoms with Crippen LogP contribution in [0.2, 0.25) is 5.02 Å². The van der Waals surface area contributed by atoms with Crippen LogP contribution >= 0.6 is 11.6 Å². The molecular formula is C24H23ClN4O4. The highest BCUT2D eigenvalue weighted by atomic mass is 35.5. The Kier molecular flexibility index (Phi) is 6.02. The van der Waals surface area contributed by atoms with Crippen LogP contribution in [-0.2, 0) is 11.2 Å². The van der Waals surface area contributed by atoms with Crippen LogP contribution in [0.4, 0.5) is 11.4 Å². The minimum Gasteiger partial charge on any atom is -0.493 e. The van der Waals surface area contributed by atoms with Gasteiger partial charge in [0.25, 0.3) is 5.91 Å². The van der Waals surface area contributed by atoms with Crippen molar-refractivity contribution >= 4 is 35.1 Å². The third-order valence-corrected chi connectivity index (χ3v) is 6.03. The first kappa shape index (κ1) is 21.5. The summed E-state index contributed by atoms with van der Waals surface area (Å²) in [5.74, 6) is 0.760. The van der Waals surface area contributed by atoms with Gasteiger partial charge in [-0.25, -0.2) is 4.99 Å². The largest absolute Gasteiger partial charge is 0.493 e. The molecule has 2 aliphatic heterocycles. The van der Waals surface area contributed by atoms with Crippen LogP contribution in [0, 0.1) is 0 Å². The number of nitrogens with zero attached hydrogens (tertiary/aromatic N) is 2. The average molecular weight is 467 g/mol. The van der Waals surface area contributed by atoms with E-state index in [0.717, 1.165) is 30.7 Å². The molecule has 1 fully saturated rings. The Hall–Kier alpha value is -3.36. The monoisotopic (exact) mass is 466 g/mol. The van der Waals surface area contributed by atoms with Gasteiger partial charge < -0.3 is 24.5 Å². The molecular weight excluding hydrogens is 444 g/mol. The van der Waals surface area contributed by atoms with Crippen molar-refractivity contribution < 1.29 is 19.0 Å². The number of aliphatic imine (C=N–C) groups is 1. The van der Waals surface area contributed by atoms with Crippen LogP contribution < -0.4 is 14.8 Å². The third-order valence-electron chi connectivity index (χ3n) is 5.73. The molecule has 0 unspecified atom stereocenters. The van der Waals surface area contributed by atoms with Crippen molar-refractivity contribution in [3.63, 3.8) is 0 Å². The Morgan fingerprint density at radius 2 is 2.24 bits per heavy atom. The van der Waals surface area contributed by atoms with Gasteiger partial charge in [-0.2, -0.15) is 0 Å². The molecule has 0 saturated carbocycles. The summed E-state index contributed by atoms with van der Waals surface area (Å²) >= 11 is 6.32. The predicted octanol–water partition coefficient (Wildman–Crippen LogP) is 4.81. The highest BCUT2D eigenvalue weighted by Crippen LogP contribution is 2.43. The maximum atomic E-state index is 12.8. The fraction of sp³-hybridized carbons (Fsp3) is 0.292. The fourth-order valence-electron chi connectivity index (χ4n) is 4.16. The summed E-state index contributed by atoms with van der Waals surface area (Å²) in [6.07, 6.45) is 7.56. The third kappa shape index (κ3) is 4.19. The van der Waals surface area contributed by atoms with Crippen molar-refractivity contribution in [3.8, 4) is 22.8 Å². The number of fused-ring (bicyclic) bond motifs is 1. The summed E-state index contributed by atoms with van der Waals surface area (Å²) < 4.78 is 17.3. The summed E-state index contributed by atoms with van der Waals surface area (Å²) in [5, 5.41) is 3.82. The number of hydrogen-bond donors (Lipinski definition) is 2. The molecule has 0 radical (unpaired) electrons. The number of benzene rings is 1. The quantitative estimate of drug-likeness (QED) is 0.518. The van der Waals surface area contributed by atoms with E-state index in [-0.39, 0.29) is 12.0 Å². The molecule has 2 N–H and O–H groups in total. The van der Waals surface area contributed by atoms with Gasteiger partial charge >= 0.3 is 0 Å². The number of hydrogen-bond acceptors (Lipinski definition) is 6. The van der Waals surface area contributed by atoms with Gasteiger partial charge in [-0.05, 0) is 31.0 Å². The molecule has 1 saturated heterocycles. The van der Waals surface area contributed by atoms with E-state index >= 15 is 0 Å². The van der Waals surface area contributed by atoms with E-state index in [1.165, 1.54) is 0 Å². The lowest BCUT2D eigenvalue weighted by Gasteiger charge is -2.17. The van der Waals surface area contributed by atoms with Crippen molar-refractivity contribution in [1.29, 1.82) is 0 Å². The molecule has 8 nitrogen and oxygen atoms in total. The zero-order valence-corrected chi connectivity index (χ0v) is 18.8. The molecule has 2 aliphatic rings. The van der Waals surface area contributed by atoms with E-state index in [9.17, 15) is 4.79 Å². The highest BCUT2D eigenvalue weighted by Gasteiger charge is 2.28. The number of aromatic nitrogens is 2. The Bertz CT molecular complexity index is 1220. The smallest absolute Gasteiger partial charge is 0.280 e. The number of pyridine rings is 1. The maximum absolute atomic E-state index is 12.8. The van der Waals surface area contributed by atoms with Crippen molar-refractivity contribution in [2.75, 3.05) is 25.6 Å². The zero-order chi connectivity index (χ0) is 22.8. The molecule has 5 rings (SSSR count). The van der Waals surface area contributed by atoms with E-state index in [1.54, 1.807) is 31.8 Å². The van der Waals surface area contributed by atoms with Gasteiger partial charge in [0.2, 0.25) is 0 Å². The number of halogens is 1. The van der Waals surface area contributed by atoms with Crippen molar-refractivity contribution in [2.45, 2.75) is 25.4 Å². The summed E-state index contributed by atoms with van der Waals surface area (Å²) in [5.41, 5.74) is 3.94. The molecule has 9 heteroatoms. The normalized spacial score (nSPS) is 17.2. The first-order chi connectivity index (χ1) is 16.2. The van der Waals surface area contributed by atoms with Crippen molar-refractivity contribution in [2.24, 2.45) is 4.99 Å². The standard InChI is InChI=1S/C24H23ClN4O4/c1-31-23-16(25)5-2-6-18(23)29-22-20-17(8-10-27-24(20)30)28-21(22)15-7-9-26-12-19(15)33-13-14-4-3-11-32-14/h2,5-7,9-10,12,14,28-29H,3-4,8,11,13H2,1H3/t14-/m0/s1. The van der Waals surface area contributed by atoms with Crippen molar-refractivity contribution in [3.05, 3.63) is 52.9 Å². The summed E-state index contributed by atoms with van der Waals surface area (Å²) in [4.78, 5) is 24.4. The van der Waals surface area contributed by atoms with Crippen LogP contribution in [-0.4, -0.2) is 48.5 Å². The number of amides is 1. The van der Waals surface area contributed by atoms with E-state index in [4.69, 9.17) is 25.8 Å². The van der Waals surface area contributed by atoms with Gasteiger partial charge in [-0.3, -0.25) is 9.78 Å². The van der Waals surface area contributed by atoms with Gasteiger partial charge in [-0.15, -0.1) is 0 Å². The summed E-state index contributed by atoms with van der Waals surface area (Å²) in [7, 11) is 1.55. The van der Waals surface area contributed by atoms with Crippen LogP contribution in [0.25, 0.3) is 11.3 Å². The second-order valence-corrected chi connectivity index (χ2v) is 8.22. The predicted molar refractivity (Wildman–Crippen MR) is 126 cm³/mol. The Balaban J connectivity index is 1.58. The Labute approximate surface area is 195 Å². The molecule has 170 valence electrons. The number of para-hydroxylation sites is 1. The zero-order valence-electron chi connectivity index (χ0n) is 18.1. The first-order valence-electron chi connectivity index (χ1n) is 10.8. The molecule has 0 spiro atoms. The van der Waals surface area contributed by atoms with Crippen molar-refractivity contribution in [1.82, 2.24) is 9.97 Å². The molecule has 33 heavy (non-hydrogen) atoms. The van der Waals surface area contributed by atoms with E-state index in [1.807, 2.05) is 18.2 Å². The summed E-state index contributed by atoms with van der Waals surface area (Å²) in [6.45, 7) is 1.20. The second-order valence-electron chi connectivity index (χ2n) is 7.81. The van der Waals surface area contributed by atoms with Gasteiger partial charge in [-0.1, -0.05) is 17.7 Å². The SMILES string of the molecule is COc1c(Cl)cccc1Nc1c(-c2ccncc2OC[C@@H]2CCCO2)[nH]c2c1C(=O)N=CC2. The van der Waals surface area contributed by atoms with Gasteiger partial charge in [0.15, 0.2) is 5.75 Å². The van der Waals surface area contributed by atoms with Gasteiger partial charge in [0, 0.05) is 36.7 Å². The van der Waals surface area contributed by atoms with Crippen LogP contribution in [0.3, 0.4) is 0 Å². The number of anilines is 2. The molecule has 1 aromatic carbocycles. The minimum absolute atomic E-state index is 0.0678. The lowest BCUT2D eigenvalue weighted by Crippen LogP contribution is -2.16. The molecule has 2 aromatic heterocycles. The second kappa shape index (κ2) is 9.25. The lowest BCUT2D eigenvalue weighted by atomic mass is 10.1. The lowest BCUT2D eigenvalue weighted by molar-refractivity contribution is 0.0680. The number of carbonyl (C=O) groups excluding carboxylic acids is 1. The number of rotatable bonds is 7. The molecule has 3 aromatic rings. The number of nitrogens with one attached hydrogen (secondary N) is 2. The first-order valence-corrected chi connectivity index (χ1v) is 11.1. The highest BCUT2D eigenvalue weighted by molar-refractivity contribution is 6.32. The van der Waals surface area contributed by atoms with Crippen LogP contribution in [0.1, 0.15) is 28.9 Å². The molecule has 1 amide bonds. The fourth-order valence-corrected chi connectivity index (χ4v) is 4.41. The van der Waals surface area contributed by atoms with Gasteiger partial charge in [0.05, 0.1) is 47.1 Å². The Morgan fingerprint density at radius 1 is 1.33 bits per heavy atom. The number of aromatic amines is 1. The van der Waals surface area contributed by atoms with E-state index in [2.05, 4.69) is 20.3 Å². The average Bonchev–Trinajstić information content (AvgIpc) is 3.47. The molecule has 0 aliphatic carbocycles.